The van der Waals surface area contributed by atoms with Crippen LogP contribution in [0.3, 0.4) is 0 Å². The van der Waals surface area contributed by atoms with E-state index in [0.29, 0.717) is 82.4 Å². The van der Waals surface area contributed by atoms with Crippen molar-refractivity contribution in [1.29, 1.82) is 0 Å². The van der Waals surface area contributed by atoms with Crippen LogP contribution in [0.15, 0.2) is 12.1 Å². The van der Waals surface area contributed by atoms with Gasteiger partial charge in [0.2, 0.25) is 25.1 Å². The van der Waals surface area contributed by atoms with Crippen LogP contribution in [0.2, 0.25) is 0 Å². The molecular weight excluding hydrogens is 472 g/mol. The fraction of sp³-hybridized carbons (Fsp3) is 0.462. The Bertz CT molecular complexity index is 1050. The predicted octanol–water partition coefficient (Wildman–Crippen LogP) is 4.51. The molecule has 194 valence electrons. The number of benzene rings is 2. The standard InChI is InChI=1S/C26H30O10/c1-5-7-19(27)31-11-15-9-17(29-3)23-25(35-13-33-23)21(15)22-16(12-32-20(28)8-6-2)10-18(30-4)24-26(22)36-14-34-24/h9-10H,5-8,11-14H2,1-4H3. The zero-order chi connectivity index (χ0) is 25.7. The molecule has 0 amide bonds. The number of esters is 2. The summed E-state index contributed by atoms with van der Waals surface area (Å²) in [4.78, 5) is 24.4. The molecule has 10 nitrogen and oxygen atoms in total. The van der Waals surface area contributed by atoms with E-state index < -0.39 is 0 Å². The molecule has 0 aliphatic carbocycles. The lowest BCUT2D eigenvalue weighted by atomic mass is 9.92. The Morgan fingerprint density at radius 1 is 0.694 bits per heavy atom. The molecule has 2 aromatic carbocycles. The highest BCUT2D eigenvalue weighted by atomic mass is 16.7. The van der Waals surface area contributed by atoms with Gasteiger partial charge in [0.1, 0.15) is 13.2 Å². The van der Waals surface area contributed by atoms with Crippen molar-refractivity contribution in [3.8, 4) is 45.6 Å². The van der Waals surface area contributed by atoms with E-state index in [1.807, 2.05) is 13.8 Å². The van der Waals surface area contributed by atoms with Crippen molar-refractivity contribution in [2.75, 3.05) is 27.8 Å². The molecule has 0 saturated carbocycles. The summed E-state index contributed by atoms with van der Waals surface area (Å²) in [5.74, 6) is 1.85. The molecule has 0 saturated heterocycles. The first kappa shape index (κ1) is 25.3. The molecule has 36 heavy (non-hydrogen) atoms. The van der Waals surface area contributed by atoms with Crippen molar-refractivity contribution in [1.82, 2.24) is 0 Å². The summed E-state index contributed by atoms with van der Waals surface area (Å²) in [5, 5.41) is 0. The Kier molecular flexibility index (Phi) is 7.92. The quantitative estimate of drug-likeness (QED) is 0.407. The van der Waals surface area contributed by atoms with Crippen LogP contribution >= 0.6 is 0 Å². The van der Waals surface area contributed by atoms with Crippen LogP contribution in [0.5, 0.6) is 34.5 Å². The van der Waals surface area contributed by atoms with Gasteiger partial charge in [-0.2, -0.15) is 0 Å². The van der Waals surface area contributed by atoms with Crippen LogP contribution in [0, 0.1) is 0 Å². The summed E-state index contributed by atoms with van der Waals surface area (Å²) in [6, 6.07) is 3.47. The summed E-state index contributed by atoms with van der Waals surface area (Å²) < 4.78 is 45.3. The van der Waals surface area contributed by atoms with Gasteiger partial charge in [-0.1, -0.05) is 13.8 Å². The van der Waals surface area contributed by atoms with E-state index in [9.17, 15) is 9.59 Å². The lowest BCUT2D eigenvalue weighted by Gasteiger charge is -2.20. The largest absolute Gasteiger partial charge is 0.493 e. The van der Waals surface area contributed by atoms with Gasteiger partial charge in [0.15, 0.2) is 23.0 Å². The minimum atomic E-state index is -0.326. The van der Waals surface area contributed by atoms with Gasteiger partial charge in [-0.05, 0) is 25.0 Å². The summed E-state index contributed by atoms with van der Waals surface area (Å²) in [7, 11) is 3.04. The minimum Gasteiger partial charge on any atom is -0.493 e. The van der Waals surface area contributed by atoms with E-state index in [2.05, 4.69) is 0 Å². The third-order valence-electron chi connectivity index (χ3n) is 5.76. The fourth-order valence-corrected chi connectivity index (χ4v) is 4.13. The molecule has 2 aliphatic rings. The zero-order valence-electron chi connectivity index (χ0n) is 20.9. The lowest BCUT2D eigenvalue weighted by Crippen LogP contribution is -2.08. The Labute approximate surface area is 209 Å². The van der Waals surface area contributed by atoms with Crippen molar-refractivity contribution >= 4 is 11.9 Å². The van der Waals surface area contributed by atoms with E-state index >= 15 is 0 Å². The fourth-order valence-electron chi connectivity index (χ4n) is 4.13. The zero-order valence-corrected chi connectivity index (χ0v) is 20.9. The average molecular weight is 503 g/mol. The molecule has 10 heteroatoms. The number of fused-ring (bicyclic) bond motifs is 2. The maximum Gasteiger partial charge on any atom is 0.306 e. The second kappa shape index (κ2) is 11.3. The second-order valence-corrected chi connectivity index (χ2v) is 8.18. The van der Waals surface area contributed by atoms with E-state index in [0.717, 1.165) is 0 Å². The van der Waals surface area contributed by atoms with Crippen LogP contribution in [-0.4, -0.2) is 39.7 Å². The van der Waals surface area contributed by atoms with Gasteiger partial charge in [0, 0.05) is 35.1 Å². The minimum absolute atomic E-state index is 0.0196. The summed E-state index contributed by atoms with van der Waals surface area (Å²) >= 11 is 0. The van der Waals surface area contributed by atoms with Crippen LogP contribution in [0.25, 0.3) is 11.1 Å². The number of rotatable bonds is 11. The van der Waals surface area contributed by atoms with Crippen molar-refractivity contribution in [3.63, 3.8) is 0 Å². The molecule has 0 radical (unpaired) electrons. The van der Waals surface area contributed by atoms with E-state index in [1.165, 1.54) is 14.2 Å². The highest BCUT2D eigenvalue weighted by Crippen LogP contribution is 2.56. The molecule has 0 N–H and O–H groups in total. The maximum absolute atomic E-state index is 12.2. The van der Waals surface area contributed by atoms with Crippen LogP contribution < -0.4 is 28.4 Å². The second-order valence-electron chi connectivity index (χ2n) is 8.18. The Balaban J connectivity index is 1.90. The van der Waals surface area contributed by atoms with Gasteiger partial charge in [-0.15, -0.1) is 0 Å². The number of methoxy groups -OCH3 is 2. The Morgan fingerprint density at radius 3 is 1.44 bits per heavy atom. The number of ether oxygens (including phenoxy) is 8. The predicted molar refractivity (Wildman–Crippen MR) is 127 cm³/mol. The van der Waals surface area contributed by atoms with Gasteiger partial charge in [-0.3, -0.25) is 9.59 Å². The highest BCUT2D eigenvalue weighted by molar-refractivity contribution is 5.89. The van der Waals surface area contributed by atoms with Gasteiger partial charge in [-0.25, -0.2) is 0 Å². The molecule has 2 aliphatic heterocycles. The van der Waals surface area contributed by atoms with Crippen LogP contribution in [0.1, 0.15) is 50.7 Å². The molecule has 0 atom stereocenters. The molecule has 0 aromatic heterocycles. The van der Waals surface area contributed by atoms with Crippen molar-refractivity contribution in [2.45, 2.75) is 52.7 Å². The van der Waals surface area contributed by atoms with Crippen molar-refractivity contribution in [2.24, 2.45) is 0 Å². The van der Waals surface area contributed by atoms with E-state index in [4.69, 9.17) is 37.9 Å². The Morgan fingerprint density at radius 2 is 1.08 bits per heavy atom. The summed E-state index contributed by atoms with van der Waals surface area (Å²) in [6.07, 6.45) is 1.93. The number of carbonyl (C=O) groups is 2. The first-order valence-electron chi connectivity index (χ1n) is 11.8. The molecule has 0 unspecified atom stereocenters. The number of hydrogen-bond acceptors (Lipinski definition) is 10. The Hall–Kier alpha value is -3.82. The summed E-state index contributed by atoms with van der Waals surface area (Å²) in [5.41, 5.74) is 2.34. The first-order valence-corrected chi connectivity index (χ1v) is 11.8. The van der Waals surface area contributed by atoms with Gasteiger partial charge < -0.3 is 37.9 Å². The van der Waals surface area contributed by atoms with Gasteiger partial charge in [0.25, 0.3) is 0 Å². The molecule has 2 aromatic rings. The maximum atomic E-state index is 12.2. The molecule has 0 spiro atoms. The third-order valence-corrected chi connectivity index (χ3v) is 5.76. The molecule has 4 rings (SSSR count). The normalized spacial score (nSPS) is 12.9. The lowest BCUT2D eigenvalue weighted by molar-refractivity contribution is -0.145. The van der Waals surface area contributed by atoms with E-state index in [1.54, 1.807) is 12.1 Å². The number of carbonyl (C=O) groups excluding carboxylic acids is 2. The monoisotopic (exact) mass is 502 g/mol. The van der Waals surface area contributed by atoms with Crippen LogP contribution in [-0.2, 0) is 32.3 Å². The van der Waals surface area contributed by atoms with E-state index in [-0.39, 0.29) is 38.7 Å². The SMILES string of the molecule is CCCC(=O)OCc1cc(OC)c2c(c1-c1c(COC(=O)CCC)cc(OC)c3c1OCO3)OCO2. The topological polar surface area (TPSA) is 108 Å². The number of hydrogen-bond donors (Lipinski definition) is 0. The van der Waals surface area contributed by atoms with Crippen LogP contribution in [0.4, 0.5) is 0 Å². The molecule has 0 bridgehead atoms. The van der Waals surface area contributed by atoms with Crippen molar-refractivity contribution < 1.29 is 47.5 Å². The third kappa shape index (κ3) is 4.93. The highest BCUT2D eigenvalue weighted by Gasteiger charge is 2.34. The van der Waals surface area contributed by atoms with Gasteiger partial charge in [0.05, 0.1) is 14.2 Å². The first-order chi connectivity index (χ1) is 17.5. The van der Waals surface area contributed by atoms with Crippen molar-refractivity contribution in [3.05, 3.63) is 23.3 Å². The smallest absolute Gasteiger partial charge is 0.306 e. The molecule has 0 fully saturated rings. The molecular formula is C26H30O10. The van der Waals surface area contributed by atoms with Gasteiger partial charge >= 0.3 is 11.9 Å². The molecule has 2 heterocycles. The summed E-state index contributed by atoms with van der Waals surface area (Å²) in [6.45, 7) is 3.68. The average Bonchev–Trinajstić information content (AvgIpc) is 3.56.